The summed E-state index contributed by atoms with van der Waals surface area (Å²) in [6.07, 6.45) is 1.65. The Morgan fingerprint density at radius 3 is 2.44 bits per heavy atom. The number of hydrogen-bond acceptors (Lipinski definition) is 3. The zero-order chi connectivity index (χ0) is 18.1. The lowest BCUT2D eigenvalue weighted by Crippen LogP contribution is -2.30. The smallest absolute Gasteiger partial charge is 0.257 e. The number of carbonyl (C=O) groups is 2. The predicted octanol–water partition coefficient (Wildman–Crippen LogP) is 3.09. The van der Waals surface area contributed by atoms with Crippen LogP contribution in [0.4, 0.5) is 4.39 Å². The van der Waals surface area contributed by atoms with Gasteiger partial charge in [-0.15, -0.1) is 0 Å². The molecule has 0 saturated heterocycles. The number of ether oxygens (including phenoxy) is 1. The fourth-order valence-corrected chi connectivity index (χ4v) is 2.31. The molecule has 0 heterocycles. The van der Waals surface area contributed by atoms with Gasteiger partial charge in [0.1, 0.15) is 17.3 Å². The molecule has 4 nitrogen and oxygen atoms in total. The number of hydrogen-bond donors (Lipinski definition) is 1. The third-order valence-corrected chi connectivity index (χ3v) is 3.73. The van der Waals surface area contributed by atoms with Gasteiger partial charge in [0.2, 0.25) is 0 Å². The van der Waals surface area contributed by atoms with Crippen molar-refractivity contribution in [3.63, 3.8) is 0 Å². The van der Waals surface area contributed by atoms with E-state index in [1.54, 1.807) is 37.3 Å². The summed E-state index contributed by atoms with van der Waals surface area (Å²) in [4.78, 5) is 22.7. The van der Waals surface area contributed by atoms with Crippen molar-refractivity contribution in [2.24, 2.45) is 0 Å². The van der Waals surface area contributed by atoms with Gasteiger partial charge in [-0.3, -0.25) is 4.79 Å². The number of nitrogens with one attached hydrogen (secondary N) is 1. The number of rotatable bonds is 9. The molecular weight excluding hydrogens is 321 g/mol. The summed E-state index contributed by atoms with van der Waals surface area (Å²) in [6, 6.07) is 13.8. The highest BCUT2D eigenvalue weighted by Crippen LogP contribution is 2.13. The van der Waals surface area contributed by atoms with Gasteiger partial charge in [0.25, 0.3) is 5.91 Å². The monoisotopic (exact) mass is 343 g/mol. The quantitative estimate of drug-likeness (QED) is 0.761. The van der Waals surface area contributed by atoms with Gasteiger partial charge in [0.05, 0.1) is 0 Å². The molecule has 25 heavy (non-hydrogen) atoms. The van der Waals surface area contributed by atoms with E-state index in [0.717, 1.165) is 5.56 Å². The molecule has 0 atom stereocenters. The molecule has 0 bridgehead atoms. The molecule has 0 aliphatic heterocycles. The highest BCUT2D eigenvalue weighted by molar-refractivity contribution is 5.77. The largest absolute Gasteiger partial charge is 0.484 e. The Morgan fingerprint density at radius 1 is 1.04 bits per heavy atom. The number of carbonyl (C=O) groups excluding carboxylic acids is 2. The third-order valence-electron chi connectivity index (χ3n) is 3.73. The van der Waals surface area contributed by atoms with E-state index in [-0.39, 0.29) is 24.1 Å². The number of benzene rings is 2. The standard InChI is InChI=1S/C20H22FNO3/c1-15(23)6-7-16-8-10-18(11-9-16)25-14-20(24)22-13-12-17-4-2-3-5-19(17)21/h2-5,8-11H,6-7,12-14H2,1H3,(H,22,24). The van der Waals surface area contributed by atoms with Crippen molar-refractivity contribution in [1.82, 2.24) is 5.32 Å². The molecule has 0 aliphatic rings. The fourth-order valence-electron chi connectivity index (χ4n) is 2.31. The molecule has 1 amide bonds. The van der Waals surface area contributed by atoms with Crippen LogP contribution in [0.25, 0.3) is 0 Å². The zero-order valence-corrected chi connectivity index (χ0v) is 14.3. The molecule has 132 valence electrons. The molecule has 2 aromatic carbocycles. The second-order valence-electron chi connectivity index (χ2n) is 5.83. The van der Waals surface area contributed by atoms with E-state index in [4.69, 9.17) is 4.74 Å². The zero-order valence-electron chi connectivity index (χ0n) is 14.3. The first kappa shape index (κ1) is 18.6. The lowest BCUT2D eigenvalue weighted by atomic mass is 10.1. The average molecular weight is 343 g/mol. The summed E-state index contributed by atoms with van der Waals surface area (Å²) in [7, 11) is 0. The lowest BCUT2D eigenvalue weighted by molar-refractivity contribution is -0.123. The van der Waals surface area contributed by atoms with Crippen LogP contribution in [0.2, 0.25) is 0 Å². The first-order chi connectivity index (χ1) is 12.0. The Bertz CT molecular complexity index is 713. The number of amides is 1. The third kappa shape index (κ3) is 6.75. The van der Waals surface area contributed by atoms with E-state index < -0.39 is 0 Å². The molecule has 0 unspecified atom stereocenters. The topological polar surface area (TPSA) is 55.4 Å². The number of aryl methyl sites for hydroxylation is 1. The minimum absolute atomic E-state index is 0.0932. The Hall–Kier alpha value is -2.69. The molecule has 0 aliphatic carbocycles. The molecule has 0 spiro atoms. The molecule has 1 N–H and O–H groups in total. The van der Waals surface area contributed by atoms with Gasteiger partial charge in [-0.05, 0) is 49.1 Å². The van der Waals surface area contributed by atoms with Crippen molar-refractivity contribution < 1.29 is 18.7 Å². The summed E-state index contributed by atoms with van der Waals surface area (Å²) in [5.41, 5.74) is 1.63. The maximum Gasteiger partial charge on any atom is 0.257 e. The second kappa shape index (κ2) is 9.57. The van der Waals surface area contributed by atoms with E-state index in [1.165, 1.54) is 6.07 Å². The molecular formula is C20H22FNO3. The SMILES string of the molecule is CC(=O)CCc1ccc(OCC(=O)NCCc2ccccc2F)cc1. The number of halogens is 1. The Kier molecular flexibility index (Phi) is 7.14. The van der Waals surface area contributed by atoms with E-state index in [9.17, 15) is 14.0 Å². The van der Waals surface area contributed by atoms with Crippen LogP contribution in [0.1, 0.15) is 24.5 Å². The summed E-state index contributed by atoms with van der Waals surface area (Å²) in [5.74, 6) is 0.234. The van der Waals surface area contributed by atoms with E-state index in [0.29, 0.717) is 37.1 Å². The molecule has 0 fully saturated rings. The van der Waals surface area contributed by atoms with Crippen LogP contribution in [-0.2, 0) is 22.4 Å². The number of ketones is 1. The van der Waals surface area contributed by atoms with Gasteiger partial charge in [0.15, 0.2) is 6.61 Å². The molecule has 0 saturated carbocycles. The first-order valence-electron chi connectivity index (χ1n) is 8.26. The fraction of sp³-hybridized carbons (Fsp3) is 0.300. The Balaban J connectivity index is 1.69. The van der Waals surface area contributed by atoms with Crippen LogP contribution >= 0.6 is 0 Å². The van der Waals surface area contributed by atoms with Crippen LogP contribution in [0.5, 0.6) is 5.75 Å². The second-order valence-corrected chi connectivity index (χ2v) is 5.83. The predicted molar refractivity (Wildman–Crippen MR) is 94.1 cm³/mol. The van der Waals surface area contributed by atoms with Gasteiger partial charge in [0, 0.05) is 13.0 Å². The summed E-state index contributed by atoms with van der Waals surface area (Å²) in [5, 5.41) is 2.70. The van der Waals surface area contributed by atoms with E-state index >= 15 is 0 Å². The van der Waals surface area contributed by atoms with Crippen molar-refractivity contribution in [2.45, 2.75) is 26.2 Å². The van der Waals surface area contributed by atoms with Crippen LogP contribution in [-0.4, -0.2) is 24.8 Å². The van der Waals surface area contributed by atoms with Crippen LogP contribution in [0.15, 0.2) is 48.5 Å². The average Bonchev–Trinajstić information content (AvgIpc) is 2.60. The highest BCUT2D eigenvalue weighted by atomic mass is 19.1. The first-order valence-corrected chi connectivity index (χ1v) is 8.26. The minimum atomic E-state index is -0.266. The van der Waals surface area contributed by atoms with Crippen molar-refractivity contribution >= 4 is 11.7 Å². The van der Waals surface area contributed by atoms with Crippen molar-refractivity contribution in [3.8, 4) is 5.75 Å². The van der Waals surface area contributed by atoms with Crippen molar-refractivity contribution in [2.75, 3.05) is 13.2 Å². The molecule has 0 aromatic heterocycles. The maximum atomic E-state index is 13.5. The van der Waals surface area contributed by atoms with Crippen LogP contribution < -0.4 is 10.1 Å². The summed E-state index contributed by atoms with van der Waals surface area (Å²) < 4.78 is 18.9. The van der Waals surface area contributed by atoms with Crippen LogP contribution in [0, 0.1) is 5.82 Å². The van der Waals surface area contributed by atoms with Crippen molar-refractivity contribution in [3.05, 3.63) is 65.5 Å². The molecule has 5 heteroatoms. The lowest BCUT2D eigenvalue weighted by Gasteiger charge is -2.08. The van der Waals surface area contributed by atoms with E-state index in [2.05, 4.69) is 5.32 Å². The molecule has 2 aromatic rings. The number of Topliss-reactive ketones (excluding diaryl/α,β-unsaturated/α-hetero) is 1. The van der Waals surface area contributed by atoms with Gasteiger partial charge < -0.3 is 14.8 Å². The normalized spacial score (nSPS) is 10.3. The van der Waals surface area contributed by atoms with Gasteiger partial charge in [-0.2, -0.15) is 0 Å². The summed E-state index contributed by atoms with van der Waals surface area (Å²) in [6.45, 7) is 1.83. The Morgan fingerprint density at radius 2 is 1.76 bits per heavy atom. The summed E-state index contributed by atoms with van der Waals surface area (Å²) >= 11 is 0. The Labute approximate surface area is 147 Å². The highest BCUT2D eigenvalue weighted by Gasteiger charge is 2.05. The van der Waals surface area contributed by atoms with Crippen molar-refractivity contribution in [1.29, 1.82) is 0 Å². The van der Waals surface area contributed by atoms with Gasteiger partial charge >= 0.3 is 0 Å². The molecule has 2 rings (SSSR count). The molecule has 0 radical (unpaired) electrons. The minimum Gasteiger partial charge on any atom is -0.484 e. The van der Waals surface area contributed by atoms with Gasteiger partial charge in [-0.25, -0.2) is 4.39 Å². The van der Waals surface area contributed by atoms with Crippen LogP contribution in [0.3, 0.4) is 0 Å². The van der Waals surface area contributed by atoms with Gasteiger partial charge in [-0.1, -0.05) is 30.3 Å². The maximum absolute atomic E-state index is 13.5. The van der Waals surface area contributed by atoms with E-state index in [1.807, 2.05) is 12.1 Å².